The summed E-state index contributed by atoms with van der Waals surface area (Å²) in [7, 11) is 0. The van der Waals surface area contributed by atoms with Crippen LogP contribution in [0.3, 0.4) is 0 Å². The molecule has 2 heterocycles. The van der Waals surface area contributed by atoms with Crippen LogP contribution in [0.5, 0.6) is 0 Å². The molecule has 23 heavy (non-hydrogen) atoms. The molecular formula is C18H20N4O. The van der Waals surface area contributed by atoms with Gasteiger partial charge in [0.1, 0.15) is 6.33 Å². The predicted molar refractivity (Wildman–Crippen MR) is 87.7 cm³/mol. The van der Waals surface area contributed by atoms with Crippen molar-refractivity contribution in [3.05, 3.63) is 47.8 Å². The average molecular weight is 308 g/mol. The van der Waals surface area contributed by atoms with Crippen LogP contribution in [0.4, 0.5) is 0 Å². The van der Waals surface area contributed by atoms with Crippen molar-refractivity contribution < 1.29 is 4.79 Å². The zero-order valence-corrected chi connectivity index (χ0v) is 13.2. The van der Waals surface area contributed by atoms with Crippen molar-refractivity contribution in [2.75, 3.05) is 13.1 Å². The lowest BCUT2D eigenvalue weighted by Gasteiger charge is -2.21. The second-order valence-corrected chi connectivity index (χ2v) is 6.63. The van der Waals surface area contributed by atoms with E-state index in [1.165, 1.54) is 11.9 Å². The molecule has 118 valence electrons. The van der Waals surface area contributed by atoms with Crippen LogP contribution in [0.25, 0.3) is 11.4 Å². The largest absolute Gasteiger partial charge is 0.338 e. The van der Waals surface area contributed by atoms with Gasteiger partial charge in [0, 0.05) is 24.2 Å². The molecule has 2 aliphatic rings. The normalized spacial score (nSPS) is 23.5. The Balaban J connectivity index is 1.48. The molecule has 5 heteroatoms. The number of aromatic nitrogens is 3. The Kier molecular flexibility index (Phi) is 3.48. The van der Waals surface area contributed by atoms with Gasteiger partial charge in [-0.25, -0.2) is 4.98 Å². The highest BCUT2D eigenvalue weighted by molar-refractivity contribution is 5.94. The second kappa shape index (κ2) is 5.65. The molecule has 1 aromatic heterocycles. The lowest BCUT2D eigenvalue weighted by Crippen LogP contribution is -2.28. The first-order valence-electron chi connectivity index (χ1n) is 8.11. The van der Waals surface area contributed by atoms with Gasteiger partial charge in [0.05, 0.1) is 0 Å². The number of hydrogen-bond acceptors (Lipinski definition) is 3. The van der Waals surface area contributed by atoms with Crippen molar-refractivity contribution in [1.29, 1.82) is 0 Å². The van der Waals surface area contributed by atoms with Gasteiger partial charge in [0.15, 0.2) is 5.82 Å². The molecule has 2 atom stereocenters. The van der Waals surface area contributed by atoms with Crippen molar-refractivity contribution in [1.82, 2.24) is 20.1 Å². The number of rotatable bonds is 2. The zero-order chi connectivity index (χ0) is 15.8. The summed E-state index contributed by atoms with van der Waals surface area (Å²) in [6.07, 6.45) is 6.07. The van der Waals surface area contributed by atoms with Gasteiger partial charge in [0.25, 0.3) is 5.91 Å². The molecule has 5 nitrogen and oxygen atoms in total. The van der Waals surface area contributed by atoms with Crippen molar-refractivity contribution in [2.24, 2.45) is 11.8 Å². The van der Waals surface area contributed by atoms with Gasteiger partial charge >= 0.3 is 0 Å². The highest BCUT2D eigenvalue weighted by Gasteiger charge is 2.36. The number of hydrogen-bond donors (Lipinski definition) is 1. The minimum absolute atomic E-state index is 0.140. The van der Waals surface area contributed by atoms with Crippen LogP contribution < -0.4 is 0 Å². The monoisotopic (exact) mass is 308 g/mol. The van der Waals surface area contributed by atoms with Crippen molar-refractivity contribution in [2.45, 2.75) is 19.8 Å². The smallest absolute Gasteiger partial charge is 0.253 e. The highest BCUT2D eigenvalue weighted by atomic mass is 16.2. The maximum atomic E-state index is 12.7. The standard InChI is InChI=1S/C18H20N4O/c1-12-2-3-15-9-22(10-16(15)8-12)18(23)14-6-4-13(5-7-14)17-19-11-20-21-17/h2,4-7,11,15-16H,3,8-10H2,1H3,(H,19,20,21)/t15-,16+/m1/s1. The fourth-order valence-corrected chi connectivity index (χ4v) is 3.75. The number of H-pyrrole nitrogens is 1. The van der Waals surface area contributed by atoms with Gasteiger partial charge in [-0.05, 0) is 43.7 Å². The Morgan fingerprint density at radius 3 is 2.74 bits per heavy atom. The third-order valence-electron chi connectivity index (χ3n) is 5.04. The number of nitrogens with one attached hydrogen (secondary N) is 1. The van der Waals surface area contributed by atoms with E-state index in [-0.39, 0.29) is 5.91 Å². The van der Waals surface area contributed by atoms with Gasteiger partial charge in [-0.3, -0.25) is 9.89 Å². The topological polar surface area (TPSA) is 61.9 Å². The molecule has 1 aliphatic heterocycles. The number of amides is 1. The summed E-state index contributed by atoms with van der Waals surface area (Å²) in [6.45, 7) is 3.97. The van der Waals surface area contributed by atoms with Gasteiger partial charge < -0.3 is 4.90 Å². The van der Waals surface area contributed by atoms with E-state index in [9.17, 15) is 4.79 Å². The molecule has 1 saturated heterocycles. The summed E-state index contributed by atoms with van der Waals surface area (Å²) in [4.78, 5) is 18.9. The maximum absolute atomic E-state index is 12.7. The Hall–Kier alpha value is -2.43. The van der Waals surface area contributed by atoms with E-state index in [1.54, 1.807) is 0 Å². The quantitative estimate of drug-likeness (QED) is 0.868. The van der Waals surface area contributed by atoms with Crippen molar-refractivity contribution in [3.8, 4) is 11.4 Å². The van der Waals surface area contributed by atoms with Gasteiger partial charge in [0.2, 0.25) is 0 Å². The Bertz CT molecular complexity index is 733. The van der Waals surface area contributed by atoms with Crippen molar-refractivity contribution >= 4 is 5.91 Å². The zero-order valence-electron chi connectivity index (χ0n) is 13.2. The minimum atomic E-state index is 0.140. The Morgan fingerprint density at radius 2 is 2.00 bits per heavy atom. The van der Waals surface area contributed by atoms with E-state index < -0.39 is 0 Å². The Labute approximate surface area is 135 Å². The lowest BCUT2D eigenvalue weighted by atomic mass is 9.83. The number of carbonyl (C=O) groups is 1. The molecule has 0 saturated carbocycles. The summed E-state index contributed by atoms with van der Waals surface area (Å²) in [6, 6.07) is 7.60. The number of benzene rings is 1. The fourth-order valence-electron chi connectivity index (χ4n) is 3.75. The third-order valence-corrected chi connectivity index (χ3v) is 5.04. The van der Waals surface area contributed by atoms with Crippen LogP contribution in [0, 0.1) is 11.8 Å². The molecular weight excluding hydrogens is 288 g/mol. The molecule has 0 unspecified atom stereocenters. The van der Waals surface area contributed by atoms with E-state index in [2.05, 4.69) is 28.2 Å². The van der Waals surface area contributed by atoms with Gasteiger partial charge in [-0.2, -0.15) is 5.10 Å². The van der Waals surface area contributed by atoms with Crippen LogP contribution in [-0.2, 0) is 0 Å². The third kappa shape index (κ3) is 2.67. The molecule has 1 aromatic carbocycles. The summed E-state index contributed by atoms with van der Waals surface area (Å²) in [5, 5.41) is 6.68. The molecule has 0 spiro atoms. The summed E-state index contributed by atoms with van der Waals surface area (Å²) >= 11 is 0. The minimum Gasteiger partial charge on any atom is -0.338 e. The predicted octanol–water partition coefficient (Wildman–Crippen LogP) is 2.90. The maximum Gasteiger partial charge on any atom is 0.253 e. The lowest BCUT2D eigenvalue weighted by molar-refractivity contribution is 0.0784. The van der Waals surface area contributed by atoms with E-state index in [4.69, 9.17) is 0 Å². The molecule has 0 radical (unpaired) electrons. The number of allylic oxidation sites excluding steroid dienone is 2. The van der Waals surface area contributed by atoms with E-state index in [0.29, 0.717) is 11.8 Å². The van der Waals surface area contributed by atoms with Gasteiger partial charge in [-0.15, -0.1) is 0 Å². The SMILES string of the molecule is CC1=CC[C@@H]2CN(C(=O)c3ccc(-c4ncn[nH]4)cc3)C[C@@H]2C1. The average Bonchev–Trinajstić information content (AvgIpc) is 3.23. The van der Waals surface area contributed by atoms with Gasteiger partial charge in [-0.1, -0.05) is 23.8 Å². The van der Waals surface area contributed by atoms with E-state index >= 15 is 0 Å². The fraction of sp³-hybridized carbons (Fsp3) is 0.389. The summed E-state index contributed by atoms with van der Waals surface area (Å²) in [5.41, 5.74) is 3.16. The molecule has 1 amide bonds. The summed E-state index contributed by atoms with van der Waals surface area (Å²) in [5.74, 6) is 2.13. The highest BCUT2D eigenvalue weighted by Crippen LogP contribution is 2.36. The first kappa shape index (κ1) is 14.2. The first-order valence-corrected chi connectivity index (χ1v) is 8.11. The second-order valence-electron chi connectivity index (χ2n) is 6.63. The molecule has 2 aromatic rings. The van der Waals surface area contributed by atoms with Crippen LogP contribution in [-0.4, -0.2) is 39.1 Å². The van der Waals surface area contributed by atoms with Crippen LogP contribution in [0.1, 0.15) is 30.1 Å². The van der Waals surface area contributed by atoms with E-state index in [0.717, 1.165) is 42.9 Å². The molecule has 1 fully saturated rings. The van der Waals surface area contributed by atoms with Crippen LogP contribution in [0.2, 0.25) is 0 Å². The molecule has 1 aliphatic carbocycles. The number of likely N-dealkylation sites (tertiary alicyclic amines) is 1. The van der Waals surface area contributed by atoms with Crippen LogP contribution >= 0.6 is 0 Å². The van der Waals surface area contributed by atoms with Crippen LogP contribution in [0.15, 0.2) is 42.2 Å². The molecule has 0 bridgehead atoms. The Morgan fingerprint density at radius 1 is 1.22 bits per heavy atom. The summed E-state index contributed by atoms with van der Waals surface area (Å²) < 4.78 is 0. The van der Waals surface area contributed by atoms with E-state index in [1.807, 2.05) is 29.2 Å². The number of fused-ring (bicyclic) bond motifs is 1. The number of nitrogens with zero attached hydrogens (tertiary/aromatic N) is 3. The number of carbonyl (C=O) groups excluding carboxylic acids is 1. The molecule has 4 rings (SSSR count). The first-order chi connectivity index (χ1) is 11.2. The molecule has 1 N–H and O–H groups in total. The number of aromatic amines is 1. The van der Waals surface area contributed by atoms with Crippen molar-refractivity contribution in [3.63, 3.8) is 0 Å².